The van der Waals surface area contributed by atoms with Crippen LogP contribution in [0.1, 0.15) is 30.6 Å². The maximum atomic E-state index is 5.57. The minimum Gasteiger partial charge on any atom is -0.352 e. The number of nitrogens with one attached hydrogen (secondary N) is 1. The molecule has 2 aromatic rings. The van der Waals surface area contributed by atoms with Crippen molar-refractivity contribution in [2.45, 2.75) is 33.2 Å². The fraction of sp³-hybridized carbons (Fsp3) is 0.500. The van der Waals surface area contributed by atoms with Crippen LogP contribution in [-0.2, 0) is 20.0 Å². The van der Waals surface area contributed by atoms with Gasteiger partial charge in [-0.15, -0.1) is 0 Å². The van der Waals surface area contributed by atoms with Gasteiger partial charge in [0, 0.05) is 38.5 Å². The summed E-state index contributed by atoms with van der Waals surface area (Å²) in [5.74, 6) is 8.91. The molecule has 0 aromatic carbocycles. The zero-order valence-corrected chi connectivity index (χ0v) is 13.1. The number of nitrogens with zero attached hydrogens (tertiary/aromatic N) is 5. The van der Waals surface area contributed by atoms with Gasteiger partial charge in [-0.05, 0) is 13.3 Å². The van der Waals surface area contributed by atoms with Crippen LogP contribution in [0.4, 0.5) is 11.6 Å². The zero-order valence-electron chi connectivity index (χ0n) is 13.1. The molecule has 3 N–H and O–H groups in total. The van der Waals surface area contributed by atoms with E-state index in [0.29, 0.717) is 12.4 Å². The lowest BCUT2D eigenvalue weighted by atomic mass is 10.2. The molecule has 0 aliphatic carbocycles. The Hall–Kier alpha value is -2.15. The first-order valence-corrected chi connectivity index (χ1v) is 7.08. The molecule has 114 valence electrons. The monoisotopic (exact) mass is 289 g/mol. The number of aromatic nitrogens is 4. The molecular formula is C14H23N7. The molecular weight excluding hydrogens is 266 g/mol. The van der Waals surface area contributed by atoms with Gasteiger partial charge < -0.3 is 14.9 Å². The Morgan fingerprint density at radius 1 is 1.38 bits per heavy atom. The third kappa shape index (κ3) is 3.30. The van der Waals surface area contributed by atoms with Crippen molar-refractivity contribution < 1.29 is 0 Å². The van der Waals surface area contributed by atoms with E-state index in [9.17, 15) is 0 Å². The molecule has 2 rings (SSSR count). The Morgan fingerprint density at radius 3 is 2.71 bits per heavy atom. The normalized spacial score (nSPS) is 10.7. The van der Waals surface area contributed by atoms with Crippen molar-refractivity contribution >= 4 is 11.6 Å². The van der Waals surface area contributed by atoms with Crippen LogP contribution in [0.5, 0.6) is 0 Å². The quantitative estimate of drug-likeness (QED) is 0.617. The lowest BCUT2D eigenvalue weighted by molar-refractivity contribution is 0.744. The maximum absolute atomic E-state index is 5.57. The summed E-state index contributed by atoms with van der Waals surface area (Å²) < 4.78 is 2.00. The summed E-state index contributed by atoms with van der Waals surface area (Å²) in [6.07, 6.45) is 5.56. The molecule has 2 heterocycles. The fourth-order valence-corrected chi connectivity index (χ4v) is 2.23. The van der Waals surface area contributed by atoms with Crippen molar-refractivity contribution in [3.63, 3.8) is 0 Å². The molecule has 0 saturated carbocycles. The molecule has 0 aliphatic rings. The molecule has 0 fully saturated rings. The first-order valence-electron chi connectivity index (χ1n) is 7.08. The fourth-order valence-electron chi connectivity index (χ4n) is 2.23. The highest BCUT2D eigenvalue weighted by Gasteiger charge is 2.15. The molecule has 0 amide bonds. The van der Waals surface area contributed by atoms with Crippen LogP contribution in [0.2, 0.25) is 0 Å². The van der Waals surface area contributed by atoms with Crippen molar-refractivity contribution in [2.24, 2.45) is 12.9 Å². The van der Waals surface area contributed by atoms with Gasteiger partial charge in [0.25, 0.3) is 0 Å². The SMILES string of the molecule is CCCc1nc(NN)c(C)c(N(C)Cc2nccn2C)n1. The van der Waals surface area contributed by atoms with Crippen molar-refractivity contribution in [1.29, 1.82) is 0 Å². The van der Waals surface area contributed by atoms with Gasteiger partial charge in [0.05, 0.1) is 6.54 Å². The van der Waals surface area contributed by atoms with Gasteiger partial charge in [-0.3, -0.25) is 0 Å². The molecule has 0 atom stereocenters. The van der Waals surface area contributed by atoms with E-state index in [4.69, 9.17) is 5.84 Å². The predicted molar refractivity (Wildman–Crippen MR) is 83.9 cm³/mol. The van der Waals surface area contributed by atoms with Gasteiger partial charge in [-0.1, -0.05) is 6.92 Å². The molecule has 7 nitrogen and oxygen atoms in total. The highest BCUT2D eigenvalue weighted by Crippen LogP contribution is 2.23. The zero-order chi connectivity index (χ0) is 15.4. The highest BCUT2D eigenvalue weighted by atomic mass is 15.3. The van der Waals surface area contributed by atoms with E-state index in [1.807, 2.05) is 31.8 Å². The van der Waals surface area contributed by atoms with Crippen LogP contribution in [0, 0.1) is 6.92 Å². The van der Waals surface area contributed by atoms with Crippen molar-refractivity contribution in [2.75, 3.05) is 17.4 Å². The highest BCUT2D eigenvalue weighted by molar-refractivity contribution is 5.57. The van der Waals surface area contributed by atoms with E-state index >= 15 is 0 Å². The minimum atomic E-state index is 0.676. The molecule has 0 aliphatic heterocycles. The molecule has 0 radical (unpaired) electrons. The van der Waals surface area contributed by atoms with E-state index in [1.54, 1.807) is 6.20 Å². The van der Waals surface area contributed by atoms with Gasteiger partial charge in [-0.2, -0.15) is 0 Å². The minimum absolute atomic E-state index is 0.676. The van der Waals surface area contributed by atoms with Crippen LogP contribution < -0.4 is 16.2 Å². The maximum Gasteiger partial charge on any atom is 0.148 e. The van der Waals surface area contributed by atoms with Gasteiger partial charge in [0.2, 0.25) is 0 Å². The van der Waals surface area contributed by atoms with E-state index in [1.165, 1.54) is 0 Å². The van der Waals surface area contributed by atoms with Crippen LogP contribution in [0.3, 0.4) is 0 Å². The third-order valence-electron chi connectivity index (χ3n) is 3.44. The second-order valence-corrected chi connectivity index (χ2v) is 5.14. The van der Waals surface area contributed by atoms with E-state index < -0.39 is 0 Å². The first kappa shape index (κ1) is 15.2. The number of rotatable bonds is 6. The Balaban J connectivity index is 2.32. The second kappa shape index (κ2) is 6.53. The van der Waals surface area contributed by atoms with Gasteiger partial charge >= 0.3 is 0 Å². The number of aryl methyl sites for hydroxylation is 2. The molecule has 21 heavy (non-hydrogen) atoms. The standard InChI is InChI=1S/C14H23N7/c1-5-6-11-17-13(19-15)10(2)14(18-11)21(4)9-12-16-7-8-20(12)3/h7-8H,5-6,9,15H2,1-4H3,(H,17,18,19). The summed E-state index contributed by atoms with van der Waals surface area (Å²) in [5, 5.41) is 0. The number of hydrogen-bond donors (Lipinski definition) is 2. The lowest BCUT2D eigenvalue weighted by Crippen LogP contribution is -2.23. The molecule has 0 spiro atoms. The summed E-state index contributed by atoms with van der Waals surface area (Å²) in [7, 11) is 3.98. The predicted octanol–water partition coefficient (Wildman–Crippen LogP) is 1.39. The van der Waals surface area contributed by atoms with Crippen molar-refractivity contribution in [3.8, 4) is 0 Å². The molecule has 7 heteroatoms. The number of nitrogens with two attached hydrogens (primary N) is 1. The molecule has 2 aromatic heterocycles. The number of anilines is 2. The lowest BCUT2D eigenvalue weighted by Gasteiger charge is -2.21. The third-order valence-corrected chi connectivity index (χ3v) is 3.44. The molecule has 0 unspecified atom stereocenters. The average Bonchev–Trinajstić information content (AvgIpc) is 2.86. The Morgan fingerprint density at radius 2 is 2.14 bits per heavy atom. The summed E-state index contributed by atoms with van der Waals surface area (Å²) in [6.45, 7) is 4.75. The van der Waals surface area contributed by atoms with Crippen LogP contribution in [0.25, 0.3) is 0 Å². The first-order chi connectivity index (χ1) is 10.1. The van der Waals surface area contributed by atoms with E-state index in [-0.39, 0.29) is 0 Å². The largest absolute Gasteiger partial charge is 0.352 e. The van der Waals surface area contributed by atoms with Crippen LogP contribution >= 0.6 is 0 Å². The van der Waals surface area contributed by atoms with Crippen LogP contribution in [0.15, 0.2) is 12.4 Å². The molecule has 0 saturated heterocycles. The van der Waals surface area contributed by atoms with Crippen LogP contribution in [-0.4, -0.2) is 26.6 Å². The summed E-state index contributed by atoms with van der Waals surface area (Å²) in [4.78, 5) is 15.5. The van der Waals surface area contributed by atoms with Gasteiger partial charge in [-0.25, -0.2) is 20.8 Å². The topological polar surface area (TPSA) is 84.9 Å². The van der Waals surface area contributed by atoms with Crippen molar-refractivity contribution in [1.82, 2.24) is 19.5 Å². The summed E-state index contributed by atoms with van der Waals surface area (Å²) in [6, 6.07) is 0. The smallest absolute Gasteiger partial charge is 0.148 e. The molecule has 0 bridgehead atoms. The average molecular weight is 289 g/mol. The Bertz CT molecular complexity index is 605. The second-order valence-electron chi connectivity index (χ2n) is 5.14. The van der Waals surface area contributed by atoms with Gasteiger partial charge in [0.15, 0.2) is 0 Å². The number of nitrogen functional groups attached to an aromatic ring is 1. The van der Waals surface area contributed by atoms with Crippen molar-refractivity contribution in [3.05, 3.63) is 29.6 Å². The number of hydrazine groups is 1. The Kier molecular flexibility index (Phi) is 4.74. The van der Waals surface area contributed by atoms with E-state index in [2.05, 4.69) is 32.2 Å². The number of imidazole rings is 1. The van der Waals surface area contributed by atoms with Gasteiger partial charge in [0.1, 0.15) is 23.3 Å². The number of hydrogen-bond acceptors (Lipinski definition) is 6. The summed E-state index contributed by atoms with van der Waals surface area (Å²) >= 11 is 0. The van der Waals surface area contributed by atoms with E-state index in [0.717, 1.165) is 35.9 Å². The summed E-state index contributed by atoms with van der Waals surface area (Å²) in [5.41, 5.74) is 3.60. The Labute approximate surface area is 125 Å².